The highest BCUT2D eigenvalue weighted by molar-refractivity contribution is 6.33. The number of carbonyl (C=O) groups excluding carboxylic acids is 1. The summed E-state index contributed by atoms with van der Waals surface area (Å²) in [5.74, 6) is 1.06. The smallest absolute Gasteiger partial charge is 0.243 e. The zero-order valence-corrected chi connectivity index (χ0v) is 20.6. The van der Waals surface area contributed by atoms with Crippen LogP contribution in [0.25, 0.3) is 0 Å². The van der Waals surface area contributed by atoms with Crippen molar-refractivity contribution in [1.29, 1.82) is 10.8 Å². The van der Waals surface area contributed by atoms with Gasteiger partial charge in [0.05, 0.1) is 23.1 Å². The summed E-state index contributed by atoms with van der Waals surface area (Å²) in [7, 11) is 0. The molecule has 0 spiro atoms. The third-order valence-electron chi connectivity index (χ3n) is 5.07. The molecule has 1 saturated heterocycles. The molecule has 180 valence electrons. The average Bonchev–Trinajstić information content (AvgIpc) is 2.75. The molecular formula is C22H29Cl3N6O2. The van der Waals surface area contributed by atoms with Gasteiger partial charge in [0.15, 0.2) is 0 Å². The van der Waals surface area contributed by atoms with Gasteiger partial charge in [-0.1, -0.05) is 11.6 Å². The van der Waals surface area contributed by atoms with Crippen molar-refractivity contribution >= 4 is 65.4 Å². The zero-order valence-electron chi connectivity index (χ0n) is 18.2. The first-order chi connectivity index (χ1) is 14.8. The van der Waals surface area contributed by atoms with E-state index < -0.39 is 0 Å². The first-order valence-electron chi connectivity index (χ1n) is 10.1. The zero-order chi connectivity index (χ0) is 22.4. The van der Waals surface area contributed by atoms with Crippen LogP contribution in [0.2, 0.25) is 5.02 Å². The molecule has 33 heavy (non-hydrogen) atoms. The van der Waals surface area contributed by atoms with Gasteiger partial charge in [-0.15, -0.1) is 24.8 Å². The Morgan fingerprint density at radius 2 is 1.79 bits per heavy atom. The van der Waals surface area contributed by atoms with E-state index in [-0.39, 0.29) is 49.2 Å². The highest BCUT2D eigenvalue weighted by atomic mass is 35.5. The van der Waals surface area contributed by atoms with Crippen LogP contribution in [0.1, 0.15) is 25.3 Å². The predicted octanol–water partition coefficient (Wildman–Crippen LogP) is 4.36. The van der Waals surface area contributed by atoms with Gasteiger partial charge in [0, 0.05) is 37.2 Å². The minimum Gasteiger partial charge on any atom is -0.490 e. The summed E-state index contributed by atoms with van der Waals surface area (Å²) in [5, 5.41) is 21.4. The van der Waals surface area contributed by atoms with Crippen LogP contribution in [0.5, 0.6) is 5.75 Å². The standard InChI is InChI=1S/C22H27ClN6O2.2ClH/c1-14(24)29-10-8-18(9-11-29)31-17-5-3-16(4-6-17)28-21(30)13-27-20-12-15(22(25)26)2-7-19(20)23;;/h2-7,12,18,24,27H,8-11,13H2,1H3,(H3,25,26)(H,28,30);2*1H. The lowest BCUT2D eigenvalue weighted by Crippen LogP contribution is -2.40. The SMILES string of the molecule is CC(=N)N1CCC(Oc2ccc(NC(=O)CNc3cc(C(=N)N)ccc3Cl)cc2)CC1.Cl.Cl. The Kier molecular flexibility index (Phi) is 11.3. The molecule has 0 aromatic heterocycles. The largest absolute Gasteiger partial charge is 0.490 e. The minimum absolute atomic E-state index is 0. The number of amides is 1. The molecule has 0 aliphatic carbocycles. The quantitative estimate of drug-likeness (QED) is 0.276. The third kappa shape index (κ3) is 8.31. The highest BCUT2D eigenvalue weighted by Crippen LogP contribution is 2.23. The van der Waals surface area contributed by atoms with E-state index in [0.717, 1.165) is 31.7 Å². The minimum atomic E-state index is -0.229. The van der Waals surface area contributed by atoms with E-state index in [1.807, 2.05) is 19.1 Å². The molecule has 2 aromatic carbocycles. The second kappa shape index (κ2) is 13.1. The van der Waals surface area contributed by atoms with E-state index in [4.69, 9.17) is 32.9 Å². The number of likely N-dealkylation sites (tertiary alicyclic amines) is 1. The molecular weight excluding hydrogens is 487 g/mol. The molecule has 0 bridgehead atoms. The van der Waals surface area contributed by atoms with Crippen LogP contribution in [0.15, 0.2) is 42.5 Å². The fourth-order valence-corrected chi connectivity index (χ4v) is 3.51. The predicted molar refractivity (Wildman–Crippen MR) is 139 cm³/mol. The molecule has 0 radical (unpaired) electrons. The van der Waals surface area contributed by atoms with Crippen LogP contribution in [0, 0.1) is 10.8 Å². The number of nitrogens with zero attached hydrogens (tertiary/aromatic N) is 1. The summed E-state index contributed by atoms with van der Waals surface area (Å²) >= 11 is 6.13. The van der Waals surface area contributed by atoms with Gasteiger partial charge in [0.25, 0.3) is 0 Å². The number of anilines is 2. The van der Waals surface area contributed by atoms with Crippen LogP contribution in [0.4, 0.5) is 11.4 Å². The van der Waals surface area contributed by atoms with Gasteiger partial charge >= 0.3 is 0 Å². The molecule has 8 nitrogen and oxygen atoms in total. The van der Waals surface area contributed by atoms with Gasteiger partial charge in [0.2, 0.25) is 5.91 Å². The number of rotatable bonds is 7. The number of halogens is 3. The Morgan fingerprint density at radius 3 is 2.36 bits per heavy atom. The van der Waals surface area contributed by atoms with Crippen LogP contribution >= 0.6 is 36.4 Å². The van der Waals surface area contributed by atoms with Gasteiger partial charge in [0.1, 0.15) is 17.7 Å². The first-order valence-corrected chi connectivity index (χ1v) is 10.4. The summed E-state index contributed by atoms with van der Waals surface area (Å²) in [6, 6.07) is 12.2. The lowest BCUT2D eigenvalue weighted by molar-refractivity contribution is -0.114. The van der Waals surface area contributed by atoms with Crippen LogP contribution in [-0.4, -0.2) is 48.2 Å². The number of amidine groups is 2. The molecule has 3 rings (SSSR count). The van der Waals surface area contributed by atoms with Crippen LogP contribution < -0.4 is 21.1 Å². The summed E-state index contributed by atoms with van der Waals surface area (Å²) in [5.41, 5.74) is 7.22. The van der Waals surface area contributed by atoms with E-state index in [9.17, 15) is 4.79 Å². The number of carbonyl (C=O) groups is 1. The maximum atomic E-state index is 12.3. The average molecular weight is 516 g/mol. The molecule has 1 amide bonds. The van der Waals surface area contributed by atoms with Gasteiger partial charge in [-0.25, -0.2) is 0 Å². The molecule has 1 aliphatic heterocycles. The fourth-order valence-electron chi connectivity index (χ4n) is 3.33. The van der Waals surface area contributed by atoms with Crippen molar-refractivity contribution in [2.24, 2.45) is 5.73 Å². The second-order valence-electron chi connectivity index (χ2n) is 7.42. The monoisotopic (exact) mass is 514 g/mol. The maximum absolute atomic E-state index is 12.3. The topological polar surface area (TPSA) is 127 Å². The summed E-state index contributed by atoms with van der Waals surface area (Å²) in [6.45, 7) is 3.49. The van der Waals surface area contributed by atoms with Gasteiger partial charge in [-0.05, 0) is 49.4 Å². The number of nitrogens with two attached hydrogens (primary N) is 1. The summed E-state index contributed by atoms with van der Waals surface area (Å²) in [4.78, 5) is 14.3. The van der Waals surface area contributed by atoms with E-state index in [2.05, 4.69) is 15.5 Å². The van der Waals surface area contributed by atoms with Crippen LogP contribution in [-0.2, 0) is 4.79 Å². The molecule has 6 N–H and O–H groups in total. The number of benzene rings is 2. The van der Waals surface area contributed by atoms with Gasteiger partial charge in [-0.3, -0.25) is 15.6 Å². The van der Waals surface area contributed by atoms with Gasteiger partial charge < -0.3 is 26.0 Å². The maximum Gasteiger partial charge on any atom is 0.243 e. The molecule has 0 saturated carbocycles. The second-order valence-corrected chi connectivity index (χ2v) is 7.83. The Labute approximate surface area is 211 Å². The van der Waals surface area contributed by atoms with Crippen molar-refractivity contribution in [1.82, 2.24) is 4.90 Å². The Morgan fingerprint density at radius 1 is 1.15 bits per heavy atom. The molecule has 1 aliphatic rings. The van der Waals surface area contributed by atoms with Crippen molar-refractivity contribution in [2.75, 3.05) is 30.3 Å². The van der Waals surface area contributed by atoms with Crippen LogP contribution in [0.3, 0.4) is 0 Å². The normalized spacial score (nSPS) is 13.2. The number of nitrogen functional groups attached to an aromatic ring is 1. The Hall–Kier alpha value is -2.68. The third-order valence-corrected chi connectivity index (χ3v) is 5.40. The van der Waals surface area contributed by atoms with Gasteiger partial charge in [-0.2, -0.15) is 0 Å². The summed E-state index contributed by atoms with van der Waals surface area (Å²) < 4.78 is 6.03. The van der Waals surface area contributed by atoms with Crippen molar-refractivity contribution < 1.29 is 9.53 Å². The van der Waals surface area contributed by atoms with E-state index >= 15 is 0 Å². The van der Waals surface area contributed by atoms with E-state index in [1.165, 1.54) is 0 Å². The molecule has 1 heterocycles. The molecule has 2 aromatic rings. The van der Waals surface area contributed by atoms with Crippen molar-refractivity contribution in [3.05, 3.63) is 53.1 Å². The molecule has 1 fully saturated rings. The lowest BCUT2D eigenvalue weighted by atomic mass is 10.1. The number of ether oxygens (including phenoxy) is 1. The van der Waals surface area contributed by atoms with Crippen molar-refractivity contribution in [2.45, 2.75) is 25.9 Å². The lowest BCUT2D eigenvalue weighted by Gasteiger charge is -2.32. The van der Waals surface area contributed by atoms with Crippen molar-refractivity contribution in [3.63, 3.8) is 0 Å². The highest BCUT2D eigenvalue weighted by Gasteiger charge is 2.20. The first kappa shape index (κ1) is 28.4. The Bertz CT molecular complexity index is 963. The molecule has 0 unspecified atom stereocenters. The number of hydrogen-bond acceptors (Lipinski definition) is 5. The molecule has 11 heteroatoms. The fraction of sp³-hybridized carbons (Fsp3) is 0.318. The number of piperidine rings is 1. The van der Waals surface area contributed by atoms with E-state index in [0.29, 0.717) is 27.8 Å². The molecule has 0 atom stereocenters. The Balaban J connectivity index is 0.00000272. The van der Waals surface area contributed by atoms with Crippen molar-refractivity contribution in [3.8, 4) is 5.75 Å². The van der Waals surface area contributed by atoms with E-state index in [1.54, 1.807) is 30.3 Å². The summed E-state index contributed by atoms with van der Waals surface area (Å²) in [6.07, 6.45) is 1.90. The number of hydrogen-bond donors (Lipinski definition) is 5. The number of nitrogens with one attached hydrogen (secondary N) is 4.